The van der Waals surface area contributed by atoms with Crippen molar-refractivity contribution in [2.45, 2.75) is 19.8 Å². The zero-order valence-electron chi connectivity index (χ0n) is 11.2. The van der Waals surface area contributed by atoms with Crippen LogP contribution in [-0.4, -0.2) is 43.8 Å². The van der Waals surface area contributed by atoms with E-state index in [0.717, 1.165) is 13.1 Å². The predicted octanol–water partition coefficient (Wildman–Crippen LogP) is 0.926. The Balaban J connectivity index is 1.97. The van der Waals surface area contributed by atoms with E-state index in [0.29, 0.717) is 0 Å². The van der Waals surface area contributed by atoms with Gasteiger partial charge in [0.2, 0.25) is 13.1 Å². The van der Waals surface area contributed by atoms with Gasteiger partial charge in [0, 0.05) is 11.4 Å². The Bertz CT molecular complexity index is 732. The maximum Gasteiger partial charge on any atom is 0.542 e. The summed E-state index contributed by atoms with van der Waals surface area (Å²) in [6, 6.07) is 8.87. The van der Waals surface area contributed by atoms with Crippen LogP contribution in [-0.2, 0) is 5.91 Å². The maximum atomic E-state index is 2.47. The number of nitrogens with zero attached hydrogens (tertiary/aromatic N) is 4. The second-order valence-corrected chi connectivity index (χ2v) is 5.71. The van der Waals surface area contributed by atoms with Crippen molar-refractivity contribution >= 4 is 12.4 Å². The standard InChI is InChI=1S/C15H16N4/c1-11-3-5-13-9-16-7-8-17-10-14-6-4-12(2)19(14)15(16,17)18(11)13/h3-6,9-10H,7-8H2,1-2H3/q+2. The molecule has 4 nitrogen and oxygen atoms in total. The first kappa shape index (κ1) is 9.78. The van der Waals surface area contributed by atoms with E-state index >= 15 is 0 Å². The lowest BCUT2D eigenvalue weighted by Gasteiger charge is -2.20. The van der Waals surface area contributed by atoms with Gasteiger partial charge in [-0.05, 0) is 38.1 Å². The summed E-state index contributed by atoms with van der Waals surface area (Å²) in [6.07, 6.45) is 4.60. The Kier molecular flexibility index (Phi) is 1.41. The fourth-order valence-corrected chi connectivity index (χ4v) is 4.05. The second kappa shape index (κ2) is 2.74. The molecule has 1 fully saturated rings. The molecule has 5 heterocycles. The van der Waals surface area contributed by atoms with Gasteiger partial charge in [-0.15, -0.1) is 9.15 Å². The van der Waals surface area contributed by atoms with E-state index in [-0.39, 0.29) is 5.91 Å². The molecule has 2 aromatic rings. The minimum Gasteiger partial charge on any atom is -0.199 e. The maximum absolute atomic E-state index is 2.47. The van der Waals surface area contributed by atoms with Crippen molar-refractivity contribution in [2.75, 3.05) is 13.1 Å². The molecule has 19 heavy (non-hydrogen) atoms. The van der Waals surface area contributed by atoms with Crippen LogP contribution in [0, 0.1) is 13.8 Å². The average Bonchev–Trinajstić information content (AvgIpc) is 3.08. The normalized spacial score (nSPS) is 20.7. The molecule has 0 bridgehead atoms. The zero-order valence-corrected chi connectivity index (χ0v) is 11.2. The second-order valence-electron chi connectivity index (χ2n) is 5.71. The van der Waals surface area contributed by atoms with E-state index in [2.05, 4.69) is 68.8 Å². The summed E-state index contributed by atoms with van der Waals surface area (Å²) >= 11 is 0. The van der Waals surface area contributed by atoms with Gasteiger partial charge in [0.25, 0.3) is 0 Å². The van der Waals surface area contributed by atoms with Crippen LogP contribution in [0.2, 0.25) is 0 Å². The van der Waals surface area contributed by atoms with Gasteiger partial charge in [-0.2, -0.15) is 9.13 Å². The Morgan fingerprint density at radius 3 is 1.79 bits per heavy atom. The van der Waals surface area contributed by atoms with Crippen LogP contribution in [0.15, 0.2) is 24.3 Å². The molecule has 0 radical (unpaired) electrons. The van der Waals surface area contributed by atoms with Crippen LogP contribution < -0.4 is 0 Å². The van der Waals surface area contributed by atoms with Gasteiger partial charge in [-0.3, -0.25) is 0 Å². The molecule has 1 saturated heterocycles. The lowest BCUT2D eigenvalue weighted by molar-refractivity contribution is -0.797. The molecule has 0 amide bonds. The summed E-state index contributed by atoms with van der Waals surface area (Å²) in [6.45, 7) is 6.55. The number of hydrogen-bond donors (Lipinski definition) is 0. The summed E-state index contributed by atoms with van der Waals surface area (Å²) in [5.41, 5.74) is 5.23. The third-order valence-electron chi connectivity index (χ3n) is 4.74. The largest absolute Gasteiger partial charge is 0.542 e. The first-order valence-corrected chi connectivity index (χ1v) is 6.84. The molecule has 5 rings (SSSR count). The summed E-state index contributed by atoms with van der Waals surface area (Å²) in [4.78, 5) is 0. The first-order chi connectivity index (χ1) is 9.23. The fraction of sp³-hybridized carbons (Fsp3) is 0.333. The van der Waals surface area contributed by atoms with Crippen LogP contribution in [0.1, 0.15) is 22.8 Å². The highest BCUT2D eigenvalue weighted by Crippen LogP contribution is 2.39. The van der Waals surface area contributed by atoms with Gasteiger partial charge in [0.1, 0.15) is 11.4 Å². The molecule has 94 valence electrons. The molecule has 4 heteroatoms. The van der Waals surface area contributed by atoms with E-state index < -0.39 is 0 Å². The van der Waals surface area contributed by atoms with Crippen LogP contribution in [0.3, 0.4) is 0 Å². The van der Waals surface area contributed by atoms with Crippen molar-refractivity contribution in [3.05, 3.63) is 47.0 Å². The third-order valence-corrected chi connectivity index (χ3v) is 4.74. The van der Waals surface area contributed by atoms with Crippen LogP contribution in [0.4, 0.5) is 0 Å². The highest BCUT2D eigenvalue weighted by atomic mass is 15.6. The van der Waals surface area contributed by atoms with Crippen LogP contribution in [0.5, 0.6) is 0 Å². The van der Waals surface area contributed by atoms with E-state index in [4.69, 9.17) is 0 Å². The van der Waals surface area contributed by atoms with Gasteiger partial charge in [0.15, 0.2) is 12.4 Å². The summed E-state index contributed by atoms with van der Waals surface area (Å²) < 4.78 is 9.85. The van der Waals surface area contributed by atoms with Crippen LogP contribution in [0.25, 0.3) is 0 Å². The van der Waals surface area contributed by atoms with Gasteiger partial charge in [-0.1, -0.05) is 0 Å². The van der Waals surface area contributed by atoms with Crippen molar-refractivity contribution in [3.8, 4) is 0 Å². The van der Waals surface area contributed by atoms with E-state index in [1.165, 1.54) is 22.8 Å². The summed E-state index contributed by atoms with van der Waals surface area (Å²) in [5, 5.41) is 0. The van der Waals surface area contributed by atoms with Crippen molar-refractivity contribution < 1.29 is 9.15 Å². The molecule has 3 aliphatic rings. The Morgan fingerprint density at radius 1 is 0.842 bits per heavy atom. The van der Waals surface area contributed by atoms with Gasteiger partial charge in [0.05, 0.1) is 0 Å². The molecule has 0 atom stereocenters. The smallest absolute Gasteiger partial charge is 0.199 e. The monoisotopic (exact) mass is 252 g/mol. The Morgan fingerprint density at radius 2 is 1.32 bits per heavy atom. The minimum absolute atomic E-state index is 0.189. The molecule has 0 aromatic carbocycles. The zero-order chi connectivity index (χ0) is 12.8. The van der Waals surface area contributed by atoms with Crippen molar-refractivity contribution in [1.29, 1.82) is 0 Å². The fourth-order valence-electron chi connectivity index (χ4n) is 4.05. The van der Waals surface area contributed by atoms with Crippen molar-refractivity contribution in [2.24, 2.45) is 0 Å². The lowest BCUT2D eigenvalue weighted by atomic mass is 10.4. The highest BCUT2D eigenvalue weighted by molar-refractivity contribution is 5.78. The minimum atomic E-state index is -0.189. The molecule has 0 N–H and O–H groups in total. The third kappa shape index (κ3) is 0.828. The van der Waals surface area contributed by atoms with Gasteiger partial charge < -0.3 is 0 Å². The molecule has 1 spiro atoms. The molecular formula is C15H16N4+2. The summed E-state index contributed by atoms with van der Waals surface area (Å²) in [7, 11) is 0. The van der Waals surface area contributed by atoms with Gasteiger partial charge in [-0.25, -0.2) is 0 Å². The topological polar surface area (TPSA) is 15.9 Å². The molecule has 0 unspecified atom stereocenters. The average molecular weight is 252 g/mol. The molecular weight excluding hydrogens is 236 g/mol. The van der Waals surface area contributed by atoms with Crippen molar-refractivity contribution in [1.82, 2.24) is 9.13 Å². The molecule has 0 aliphatic carbocycles. The first-order valence-electron chi connectivity index (χ1n) is 6.84. The lowest BCUT2D eigenvalue weighted by Crippen LogP contribution is -2.49. The molecule has 3 aliphatic heterocycles. The SMILES string of the molecule is Cc1ccc2n1C13n4c(C)ccc4C=[N+]1CC[N+]3=C2. The summed E-state index contributed by atoms with van der Waals surface area (Å²) in [5.74, 6) is -0.189. The van der Waals surface area contributed by atoms with Crippen LogP contribution >= 0.6 is 0 Å². The number of rotatable bonds is 0. The van der Waals surface area contributed by atoms with Crippen molar-refractivity contribution in [3.63, 3.8) is 0 Å². The number of fused-ring (bicyclic) bond motifs is 2. The van der Waals surface area contributed by atoms with E-state index in [1.54, 1.807) is 0 Å². The van der Waals surface area contributed by atoms with E-state index in [1.807, 2.05) is 0 Å². The Labute approximate surface area is 111 Å². The van der Waals surface area contributed by atoms with Gasteiger partial charge >= 0.3 is 5.91 Å². The molecule has 0 saturated carbocycles. The van der Waals surface area contributed by atoms with E-state index in [9.17, 15) is 0 Å². The quantitative estimate of drug-likeness (QED) is 0.620. The highest BCUT2D eigenvalue weighted by Gasteiger charge is 2.68. The molecule has 2 aromatic heterocycles. The predicted molar refractivity (Wildman–Crippen MR) is 72.3 cm³/mol. The number of aromatic nitrogens is 2. The number of aryl methyl sites for hydroxylation is 2. The number of hydrogen-bond acceptors (Lipinski definition) is 0. The Hall–Kier alpha value is -2.10.